The Labute approximate surface area is 152 Å². The lowest BCUT2D eigenvalue weighted by molar-refractivity contribution is -0.113. The molecular weight excluding hydrogens is 336 g/mol. The number of thioether (sulfide) groups is 1. The van der Waals surface area contributed by atoms with Crippen LogP contribution in [0.4, 0.5) is 11.4 Å². The number of carbonyl (C=O) groups is 1. The average Bonchev–Trinajstić information content (AvgIpc) is 2.60. The number of hydrogen-bond acceptors (Lipinski definition) is 6. The molecule has 0 spiro atoms. The number of para-hydroxylation sites is 2. The van der Waals surface area contributed by atoms with Crippen molar-refractivity contribution >= 4 is 29.0 Å². The lowest BCUT2D eigenvalue weighted by atomic mass is 10.2. The van der Waals surface area contributed by atoms with Crippen molar-refractivity contribution in [2.45, 2.75) is 19.0 Å². The van der Waals surface area contributed by atoms with Gasteiger partial charge in [0.15, 0.2) is 5.16 Å². The van der Waals surface area contributed by atoms with E-state index in [-0.39, 0.29) is 11.7 Å². The van der Waals surface area contributed by atoms with Crippen LogP contribution in [0.5, 0.6) is 0 Å². The van der Waals surface area contributed by atoms with Crippen molar-refractivity contribution in [2.75, 3.05) is 42.3 Å². The molecule has 132 valence electrons. The van der Waals surface area contributed by atoms with Gasteiger partial charge >= 0.3 is 0 Å². The minimum atomic E-state index is -0.0616. The van der Waals surface area contributed by atoms with Gasteiger partial charge < -0.3 is 15.0 Å². The Balaban J connectivity index is 1.63. The van der Waals surface area contributed by atoms with Crippen molar-refractivity contribution in [1.82, 2.24) is 9.97 Å². The highest BCUT2D eigenvalue weighted by molar-refractivity contribution is 7.99. The van der Waals surface area contributed by atoms with Gasteiger partial charge in [-0.2, -0.15) is 0 Å². The third-order valence-electron chi connectivity index (χ3n) is 3.82. The van der Waals surface area contributed by atoms with E-state index in [1.807, 2.05) is 44.2 Å². The number of aromatic nitrogens is 2. The highest BCUT2D eigenvalue weighted by Crippen LogP contribution is 2.26. The Bertz CT molecular complexity index is 727. The number of ether oxygens (including phenoxy) is 1. The molecule has 0 unspecified atom stereocenters. The van der Waals surface area contributed by atoms with E-state index in [1.165, 1.54) is 11.8 Å². The molecule has 1 saturated heterocycles. The zero-order valence-corrected chi connectivity index (χ0v) is 15.3. The van der Waals surface area contributed by atoms with Crippen molar-refractivity contribution in [3.8, 4) is 0 Å². The van der Waals surface area contributed by atoms with Crippen LogP contribution in [-0.4, -0.2) is 47.9 Å². The van der Waals surface area contributed by atoms with Crippen molar-refractivity contribution in [2.24, 2.45) is 0 Å². The summed E-state index contributed by atoms with van der Waals surface area (Å²) in [5, 5.41) is 3.64. The second kappa shape index (κ2) is 8.31. The third kappa shape index (κ3) is 4.93. The van der Waals surface area contributed by atoms with Crippen molar-refractivity contribution in [3.63, 3.8) is 0 Å². The smallest absolute Gasteiger partial charge is 0.234 e. The molecule has 1 fully saturated rings. The Hall–Kier alpha value is -2.12. The van der Waals surface area contributed by atoms with Gasteiger partial charge in [-0.1, -0.05) is 23.9 Å². The van der Waals surface area contributed by atoms with Crippen LogP contribution in [0.25, 0.3) is 0 Å². The molecule has 0 atom stereocenters. The van der Waals surface area contributed by atoms with Crippen LogP contribution in [0.3, 0.4) is 0 Å². The van der Waals surface area contributed by atoms with Crippen LogP contribution in [0.2, 0.25) is 0 Å². The number of anilines is 2. The molecular formula is C18H22N4O2S. The van der Waals surface area contributed by atoms with Crippen LogP contribution in [0, 0.1) is 13.8 Å². The second-order valence-electron chi connectivity index (χ2n) is 5.89. The SMILES string of the molecule is Cc1cc(C)nc(SCC(=O)Nc2ccccc2N2CCOCC2)n1. The van der Waals surface area contributed by atoms with Gasteiger partial charge in [-0.25, -0.2) is 9.97 Å². The number of rotatable bonds is 5. The van der Waals surface area contributed by atoms with E-state index < -0.39 is 0 Å². The zero-order valence-electron chi connectivity index (χ0n) is 14.5. The number of nitrogens with one attached hydrogen (secondary N) is 1. The third-order valence-corrected chi connectivity index (χ3v) is 4.67. The molecule has 3 rings (SSSR count). The van der Waals surface area contributed by atoms with E-state index >= 15 is 0 Å². The first kappa shape index (κ1) is 17.7. The molecule has 0 bridgehead atoms. The normalized spacial score (nSPS) is 14.4. The van der Waals surface area contributed by atoms with Crippen LogP contribution in [0.15, 0.2) is 35.5 Å². The Morgan fingerprint density at radius 1 is 1.20 bits per heavy atom. The first-order valence-electron chi connectivity index (χ1n) is 8.28. The summed E-state index contributed by atoms with van der Waals surface area (Å²) in [7, 11) is 0. The maximum absolute atomic E-state index is 12.4. The minimum Gasteiger partial charge on any atom is -0.378 e. The lowest BCUT2D eigenvalue weighted by Gasteiger charge is -2.30. The monoisotopic (exact) mass is 358 g/mol. The molecule has 1 aliphatic rings. The van der Waals surface area contributed by atoms with Gasteiger partial charge in [-0.15, -0.1) is 0 Å². The molecule has 6 nitrogen and oxygen atoms in total. The van der Waals surface area contributed by atoms with E-state index in [1.54, 1.807) is 0 Å². The first-order chi connectivity index (χ1) is 12.1. The largest absolute Gasteiger partial charge is 0.378 e. The fourth-order valence-corrected chi connectivity index (χ4v) is 3.48. The van der Waals surface area contributed by atoms with Crippen molar-refractivity contribution in [3.05, 3.63) is 41.7 Å². The summed E-state index contributed by atoms with van der Waals surface area (Å²) in [4.78, 5) is 23.3. The van der Waals surface area contributed by atoms with Gasteiger partial charge in [0.2, 0.25) is 5.91 Å². The summed E-state index contributed by atoms with van der Waals surface area (Å²) >= 11 is 1.35. The van der Waals surface area contributed by atoms with E-state index in [9.17, 15) is 4.79 Å². The highest BCUT2D eigenvalue weighted by Gasteiger charge is 2.16. The molecule has 1 aromatic heterocycles. The number of hydrogen-bond donors (Lipinski definition) is 1. The maximum atomic E-state index is 12.4. The fourth-order valence-electron chi connectivity index (χ4n) is 2.73. The van der Waals surface area contributed by atoms with Crippen LogP contribution in [0.1, 0.15) is 11.4 Å². The molecule has 0 radical (unpaired) electrons. The quantitative estimate of drug-likeness (QED) is 0.655. The standard InChI is InChI=1S/C18H22N4O2S/c1-13-11-14(2)20-18(19-13)25-12-17(23)21-15-5-3-4-6-16(15)22-7-9-24-10-8-22/h3-6,11H,7-10,12H2,1-2H3,(H,21,23). The van der Waals surface area contributed by atoms with Gasteiger partial charge in [0, 0.05) is 24.5 Å². The van der Waals surface area contributed by atoms with E-state index in [0.717, 1.165) is 35.9 Å². The Morgan fingerprint density at radius 3 is 2.60 bits per heavy atom. The molecule has 7 heteroatoms. The number of amides is 1. The maximum Gasteiger partial charge on any atom is 0.234 e. The number of morpholine rings is 1. The molecule has 1 N–H and O–H groups in total. The van der Waals surface area contributed by atoms with Gasteiger partial charge in [0.05, 0.1) is 30.3 Å². The molecule has 2 aromatic rings. The van der Waals surface area contributed by atoms with E-state index in [2.05, 4.69) is 20.2 Å². The lowest BCUT2D eigenvalue weighted by Crippen LogP contribution is -2.36. The van der Waals surface area contributed by atoms with Gasteiger partial charge in [0.25, 0.3) is 0 Å². The zero-order chi connectivity index (χ0) is 17.6. The summed E-state index contributed by atoms with van der Waals surface area (Å²) in [5.41, 5.74) is 3.68. The first-order valence-corrected chi connectivity index (χ1v) is 9.27. The summed E-state index contributed by atoms with van der Waals surface area (Å²) < 4.78 is 5.40. The van der Waals surface area contributed by atoms with E-state index in [0.29, 0.717) is 18.4 Å². The number of carbonyl (C=O) groups excluding carboxylic acids is 1. The minimum absolute atomic E-state index is 0.0616. The molecule has 1 amide bonds. The van der Waals surface area contributed by atoms with Gasteiger partial charge in [0.1, 0.15) is 0 Å². The van der Waals surface area contributed by atoms with Crippen molar-refractivity contribution < 1.29 is 9.53 Å². The molecule has 1 aliphatic heterocycles. The number of nitrogens with zero attached hydrogens (tertiary/aromatic N) is 3. The van der Waals surface area contributed by atoms with Crippen LogP contribution in [-0.2, 0) is 9.53 Å². The predicted molar refractivity (Wildman–Crippen MR) is 100 cm³/mol. The summed E-state index contributed by atoms with van der Waals surface area (Å²) in [5.74, 6) is 0.217. The Kier molecular flexibility index (Phi) is 5.88. The van der Waals surface area contributed by atoms with Crippen LogP contribution >= 0.6 is 11.8 Å². The van der Waals surface area contributed by atoms with Crippen LogP contribution < -0.4 is 10.2 Å². The molecule has 2 heterocycles. The predicted octanol–water partition coefficient (Wildman–Crippen LogP) is 2.66. The summed E-state index contributed by atoms with van der Waals surface area (Å²) in [6.07, 6.45) is 0. The molecule has 0 saturated carbocycles. The second-order valence-corrected chi connectivity index (χ2v) is 6.83. The van der Waals surface area contributed by atoms with Gasteiger partial charge in [-0.3, -0.25) is 4.79 Å². The highest BCUT2D eigenvalue weighted by atomic mass is 32.2. The Morgan fingerprint density at radius 2 is 1.88 bits per heavy atom. The molecule has 0 aliphatic carbocycles. The fraction of sp³-hybridized carbons (Fsp3) is 0.389. The number of aryl methyl sites for hydroxylation is 2. The van der Waals surface area contributed by atoms with E-state index in [4.69, 9.17) is 4.74 Å². The topological polar surface area (TPSA) is 67.4 Å². The molecule has 1 aromatic carbocycles. The summed E-state index contributed by atoms with van der Waals surface area (Å²) in [6.45, 7) is 6.94. The summed E-state index contributed by atoms with van der Waals surface area (Å²) in [6, 6.07) is 9.79. The molecule has 25 heavy (non-hydrogen) atoms. The average molecular weight is 358 g/mol. The number of benzene rings is 1. The van der Waals surface area contributed by atoms with Crippen molar-refractivity contribution in [1.29, 1.82) is 0 Å². The van der Waals surface area contributed by atoms with Gasteiger partial charge in [-0.05, 0) is 32.0 Å².